The molecular weight excluding hydrogens is 287 g/mol. The molecule has 0 fully saturated rings. The summed E-state index contributed by atoms with van der Waals surface area (Å²) in [6, 6.07) is 7.42. The molecule has 0 aliphatic carbocycles. The molecule has 0 atom stereocenters. The number of benzene rings is 1. The summed E-state index contributed by atoms with van der Waals surface area (Å²) in [5.41, 5.74) is 0.381. The van der Waals surface area contributed by atoms with Crippen molar-refractivity contribution in [2.24, 2.45) is 0 Å². The Morgan fingerprint density at radius 1 is 1.18 bits per heavy atom. The van der Waals surface area contributed by atoms with Crippen molar-refractivity contribution in [2.75, 3.05) is 10.6 Å². The smallest absolute Gasteiger partial charge is 0.248 e. The second-order valence-corrected chi connectivity index (χ2v) is 4.65. The largest absolute Gasteiger partial charge is 0.462 e. The Morgan fingerprint density at radius 2 is 1.95 bits per heavy atom. The van der Waals surface area contributed by atoms with Crippen molar-refractivity contribution in [1.29, 1.82) is 0 Å². The molecule has 114 valence electrons. The highest BCUT2D eigenvalue weighted by Gasteiger charge is 2.07. The summed E-state index contributed by atoms with van der Waals surface area (Å²) in [6.07, 6.45) is 2.72. The molecule has 0 unspecified atom stereocenters. The van der Waals surface area contributed by atoms with Crippen molar-refractivity contribution >= 4 is 29.3 Å². The maximum atomic E-state index is 13.7. The summed E-state index contributed by atoms with van der Waals surface area (Å²) in [5.74, 6) is -0.121. The molecule has 1 aromatic heterocycles. The minimum absolute atomic E-state index is 0.0171. The molecule has 2 aromatic rings. The van der Waals surface area contributed by atoms with Crippen molar-refractivity contribution in [1.82, 2.24) is 0 Å². The second-order valence-electron chi connectivity index (χ2n) is 4.65. The average molecular weight is 302 g/mol. The SMILES string of the molecule is CC(=O)Nc1ccc(F)c(NC(=O)/C=C/c2ccc(C)o2)c1. The first-order valence-electron chi connectivity index (χ1n) is 6.56. The highest BCUT2D eigenvalue weighted by atomic mass is 19.1. The average Bonchev–Trinajstić information content (AvgIpc) is 2.85. The third-order valence-corrected chi connectivity index (χ3v) is 2.70. The van der Waals surface area contributed by atoms with Gasteiger partial charge in [-0.25, -0.2) is 4.39 Å². The lowest BCUT2D eigenvalue weighted by Gasteiger charge is -2.07. The van der Waals surface area contributed by atoms with E-state index in [0.717, 1.165) is 5.76 Å². The van der Waals surface area contributed by atoms with Gasteiger partial charge in [-0.2, -0.15) is 0 Å². The molecule has 2 N–H and O–H groups in total. The zero-order valence-electron chi connectivity index (χ0n) is 12.1. The Labute approximate surface area is 126 Å². The number of halogens is 1. The van der Waals surface area contributed by atoms with Gasteiger partial charge in [-0.1, -0.05) is 0 Å². The molecule has 2 amide bonds. The number of aryl methyl sites for hydroxylation is 1. The first kappa shape index (κ1) is 15.5. The van der Waals surface area contributed by atoms with Crippen molar-refractivity contribution in [3.05, 3.63) is 53.7 Å². The standard InChI is InChI=1S/C16H15FN2O3/c1-10-3-5-13(22-10)6-8-16(21)19-15-9-12(18-11(2)20)4-7-14(15)17/h3-9H,1-2H3,(H,18,20)(H,19,21)/b8-6+. The predicted octanol–water partition coefficient (Wildman–Crippen LogP) is 3.34. The van der Waals surface area contributed by atoms with Gasteiger partial charge >= 0.3 is 0 Å². The molecule has 1 heterocycles. The van der Waals surface area contributed by atoms with E-state index in [9.17, 15) is 14.0 Å². The Hall–Kier alpha value is -2.89. The molecule has 0 radical (unpaired) electrons. The molecule has 2 rings (SSSR count). The van der Waals surface area contributed by atoms with Gasteiger partial charge in [-0.3, -0.25) is 9.59 Å². The number of amides is 2. The third-order valence-electron chi connectivity index (χ3n) is 2.70. The normalized spacial score (nSPS) is 10.7. The summed E-state index contributed by atoms with van der Waals surface area (Å²) in [7, 11) is 0. The summed E-state index contributed by atoms with van der Waals surface area (Å²) in [4.78, 5) is 22.8. The maximum Gasteiger partial charge on any atom is 0.248 e. The van der Waals surface area contributed by atoms with Gasteiger partial charge in [0.05, 0.1) is 5.69 Å². The van der Waals surface area contributed by atoms with Crippen LogP contribution in [0.1, 0.15) is 18.4 Å². The summed E-state index contributed by atoms with van der Waals surface area (Å²) >= 11 is 0. The fraction of sp³-hybridized carbons (Fsp3) is 0.125. The lowest BCUT2D eigenvalue weighted by Crippen LogP contribution is -2.11. The van der Waals surface area contributed by atoms with E-state index in [4.69, 9.17) is 4.42 Å². The molecule has 6 heteroatoms. The molecule has 0 aliphatic rings. The van der Waals surface area contributed by atoms with Crippen molar-refractivity contribution in [3.63, 3.8) is 0 Å². The lowest BCUT2D eigenvalue weighted by atomic mass is 10.2. The van der Waals surface area contributed by atoms with Crippen LogP contribution in [-0.2, 0) is 9.59 Å². The van der Waals surface area contributed by atoms with E-state index in [1.165, 1.54) is 37.3 Å². The third kappa shape index (κ3) is 4.31. The van der Waals surface area contributed by atoms with Gasteiger partial charge in [-0.05, 0) is 43.3 Å². The molecule has 0 bridgehead atoms. The van der Waals surface area contributed by atoms with Gasteiger partial charge in [0.25, 0.3) is 0 Å². The van der Waals surface area contributed by atoms with E-state index in [2.05, 4.69) is 10.6 Å². The number of nitrogens with one attached hydrogen (secondary N) is 2. The molecule has 1 aromatic carbocycles. The predicted molar refractivity (Wildman–Crippen MR) is 81.8 cm³/mol. The maximum absolute atomic E-state index is 13.7. The number of rotatable bonds is 4. The quantitative estimate of drug-likeness (QED) is 0.851. The van der Waals surface area contributed by atoms with E-state index in [0.29, 0.717) is 11.4 Å². The van der Waals surface area contributed by atoms with Crippen LogP contribution >= 0.6 is 0 Å². The van der Waals surface area contributed by atoms with E-state index in [1.54, 1.807) is 19.1 Å². The number of anilines is 2. The first-order chi connectivity index (χ1) is 10.4. The van der Waals surface area contributed by atoms with Gasteiger partial charge < -0.3 is 15.1 Å². The Morgan fingerprint density at radius 3 is 2.59 bits per heavy atom. The number of furan rings is 1. The molecular formula is C16H15FN2O3. The van der Waals surface area contributed by atoms with Gasteiger partial charge in [0.1, 0.15) is 17.3 Å². The Kier molecular flexibility index (Phi) is 4.73. The number of hydrogen-bond acceptors (Lipinski definition) is 3. The van der Waals surface area contributed by atoms with Crippen LogP contribution in [0.4, 0.5) is 15.8 Å². The first-order valence-corrected chi connectivity index (χ1v) is 6.56. The molecule has 5 nitrogen and oxygen atoms in total. The Balaban J connectivity index is 2.07. The number of carbonyl (C=O) groups is 2. The summed E-state index contributed by atoms with van der Waals surface area (Å²) in [6.45, 7) is 3.13. The van der Waals surface area contributed by atoms with E-state index < -0.39 is 11.7 Å². The van der Waals surface area contributed by atoms with E-state index >= 15 is 0 Å². The van der Waals surface area contributed by atoms with Crippen LogP contribution in [0.5, 0.6) is 0 Å². The second kappa shape index (κ2) is 6.71. The van der Waals surface area contributed by atoms with Crippen molar-refractivity contribution < 1.29 is 18.4 Å². The highest BCUT2D eigenvalue weighted by Crippen LogP contribution is 2.19. The van der Waals surface area contributed by atoms with Crippen LogP contribution in [0, 0.1) is 12.7 Å². The lowest BCUT2D eigenvalue weighted by molar-refractivity contribution is -0.114. The van der Waals surface area contributed by atoms with Crippen molar-refractivity contribution in [3.8, 4) is 0 Å². The van der Waals surface area contributed by atoms with Gasteiger partial charge in [0.15, 0.2) is 0 Å². The summed E-state index contributed by atoms with van der Waals surface area (Å²) < 4.78 is 18.9. The molecule has 0 aliphatic heterocycles. The topological polar surface area (TPSA) is 71.3 Å². The van der Waals surface area contributed by atoms with E-state index in [1.807, 2.05) is 0 Å². The zero-order chi connectivity index (χ0) is 16.1. The van der Waals surface area contributed by atoms with Crippen LogP contribution in [0.15, 0.2) is 40.8 Å². The molecule has 0 spiro atoms. The van der Waals surface area contributed by atoms with Gasteiger partial charge in [0, 0.05) is 18.7 Å². The van der Waals surface area contributed by atoms with Gasteiger partial charge in [0.2, 0.25) is 11.8 Å². The fourth-order valence-corrected chi connectivity index (χ4v) is 1.78. The minimum Gasteiger partial charge on any atom is -0.462 e. The van der Waals surface area contributed by atoms with Crippen LogP contribution in [0.3, 0.4) is 0 Å². The van der Waals surface area contributed by atoms with E-state index in [-0.39, 0.29) is 11.6 Å². The zero-order valence-corrected chi connectivity index (χ0v) is 12.1. The Bertz CT molecular complexity index is 735. The number of hydrogen-bond donors (Lipinski definition) is 2. The minimum atomic E-state index is -0.593. The monoisotopic (exact) mass is 302 g/mol. The van der Waals surface area contributed by atoms with Crippen molar-refractivity contribution in [2.45, 2.75) is 13.8 Å². The van der Waals surface area contributed by atoms with Crippen LogP contribution in [-0.4, -0.2) is 11.8 Å². The number of carbonyl (C=O) groups excluding carboxylic acids is 2. The van der Waals surface area contributed by atoms with Crippen LogP contribution < -0.4 is 10.6 Å². The fourth-order valence-electron chi connectivity index (χ4n) is 1.78. The molecule has 0 saturated heterocycles. The van der Waals surface area contributed by atoms with Crippen LogP contribution in [0.2, 0.25) is 0 Å². The summed E-state index contributed by atoms with van der Waals surface area (Å²) in [5, 5.41) is 4.92. The van der Waals surface area contributed by atoms with Crippen LogP contribution in [0.25, 0.3) is 6.08 Å². The molecule has 0 saturated carbocycles. The van der Waals surface area contributed by atoms with Gasteiger partial charge in [-0.15, -0.1) is 0 Å². The highest BCUT2D eigenvalue weighted by molar-refractivity contribution is 6.02. The molecule has 22 heavy (non-hydrogen) atoms.